The van der Waals surface area contributed by atoms with Gasteiger partial charge in [0.2, 0.25) is 0 Å². The molecule has 3 nitrogen and oxygen atoms in total. The Morgan fingerprint density at radius 3 is 2.65 bits per heavy atom. The average molecular weight is 247 g/mol. The van der Waals surface area contributed by atoms with E-state index in [1.807, 2.05) is 36.7 Å². The maximum Gasteiger partial charge on any atom is 0.338 e. The van der Waals surface area contributed by atoms with Crippen molar-refractivity contribution in [2.24, 2.45) is 0 Å². The largest absolute Gasteiger partial charge is 0.456 e. The van der Waals surface area contributed by atoms with E-state index >= 15 is 0 Å². The normalized spacial score (nSPS) is 9.94. The van der Waals surface area contributed by atoms with Gasteiger partial charge in [-0.05, 0) is 35.7 Å². The lowest BCUT2D eigenvalue weighted by atomic mass is 10.2. The van der Waals surface area contributed by atoms with Crippen LogP contribution < -0.4 is 5.32 Å². The summed E-state index contributed by atoms with van der Waals surface area (Å²) in [4.78, 5) is 12.7. The average Bonchev–Trinajstić information content (AvgIpc) is 2.89. The second-order valence-corrected chi connectivity index (χ2v) is 4.52. The number of esters is 1. The molecule has 2 aromatic rings. The van der Waals surface area contributed by atoms with E-state index < -0.39 is 0 Å². The van der Waals surface area contributed by atoms with E-state index in [0.717, 1.165) is 10.6 Å². The molecule has 0 atom stereocenters. The van der Waals surface area contributed by atoms with Crippen molar-refractivity contribution in [2.45, 2.75) is 6.61 Å². The van der Waals surface area contributed by atoms with Crippen molar-refractivity contribution in [3.05, 3.63) is 52.2 Å². The predicted molar refractivity (Wildman–Crippen MR) is 69.4 cm³/mol. The van der Waals surface area contributed by atoms with Crippen molar-refractivity contribution in [1.82, 2.24) is 0 Å². The smallest absolute Gasteiger partial charge is 0.338 e. The lowest BCUT2D eigenvalue weighted by Gasteiger charge is -2.04. The highest BCUT2D eigenvalue weighted by atomic mass is 32.1. The van der Waals surface area contributed by atoms with E-state index in [9.17, 15) is 4.79 Å². The summed E-state index contributed by atoms with van der Waals surface area (Å²) in [5.74, 6) is -0.291. The number of carbonyl (C=O) groups is 1. The summed E-state index contributed by atoms with van der Waals surface area (Å²) < 4.78 is 5.20. The second-order valence-electron chi connectivity index (χ2n) is 3.48. The van der Waals surface area contributed by atoms with Gasteiger partial charge in [-0.1, -0.05) is 6.07 Å². The Bertz CT molecular complexity index is 477. The van der Waals surface area contributed by atoms with Gasteiger partial charge in [-0.2, -0.15) is 0 Å². The second kappa shape index (κ2) is 5.50. The molecule has 0 radical (unpaired) electrons. The monoisotopic (exact) mass is 247 g/mol. The zero-order chi connectivity index (χ0) is 12.1. The number of nitrogens with one attached hydrogen (secondary N) is 1. The van der Waals surface area contributed by atoms with Crippen LogP contribution in [-0.4, -0.2) is 13.0 Å². The summed E-state index contributed by atoms with van der Waals surface area (Å²) in [5, 5.41) is 4.96. The molecule has 0 bridgehead atoms. The van der Waals surface area contributed by atoms with Crippen LogP contribution in [0.4, 0.5) is 5.69 Å². The van der Waals surface area contributed by atoms with Crippen LogP contribution in [0.3, 0.4) is 0 Å². The highest BCUT2D eigenvalue weighted by Gasteiger charge is 2.07. The van der Waals surface area contributed by atoms with Crippen LogP contribution in [0.2, 0.25) is 0 Å². The van der Waals surface area contributed by atoms with Crippen molar-refractivity contribution >= 4 is 23.0 Å². The van der Waals surface area contributed by atoms with E-state index in [1.54, 1.807) is 23.5 Å². The summed E-state index contributed by atoms with van der Waals surface area (Å²) in [6.07, 6.45) is 0. The minimum Gasteiger partial charge on any atom is -0.456 e. The van der Waals surface area contributed by atoms with Gasteiger partial charge in [-0.25, -0.2) is 4.79 Å². The fraction of sp³-hybridized carbons (Fsp3) is 0.154. The molecular formula is C13H13NO2S. The molecule has 0 unspecified atom stereocenters. The summed E-state index contributed by atoms with van der Waals surface area (Å²) >= 11 is 1.58. The quantitative estimate of drug-likeness (QED) is 0.843. The molecule has 1 heterocycles. The predicted octanol–water partition coefficient (Wildman–Crippen LogP) is 3.15. The molecule has 2 rings (SSSR count). The van der Waals surface area contributed by atoms with E-state index in [2.05, 4.69) is 5.32 Å². The summed E-state index contributed by atoms with van der Waals surface area (Å²) in [6, 6.07) is 11.1. The van der Waals surface area contributed by atoms with Crippen molar-refractivity contribution in [1.29, 1.82) is 0 Å². The number of rotatable bonds is 4. The molecule has 0 saturated carbocycles. The van der Waals surface area contributed by atoms with Crippen LogP contribution in [0.25, 0.3) is 0 Å². The minimum atomic E-state index is -0.291. The molecule has 1 aromatic carbocycles. The van der Waals surface area contributed by atoms with Gasteiger partial charge in [0.15, 0.2) is 0 Å². The standard InChI is InChI=1S/C13H13NO2S/c1-14-11-6-4-10(5-7-11)13(15)16-9-12-3-2-8-17-12/h2-8,14H,9H2,1H3. The molecule has 88 valence electrons. The molecule has 0 aliphatic heterocycles. The zero-order valence-corrected chi connectivity index (χ0v) is 10.3. The minimum absolute atomic E-state index is 0.291. The first-order valence-corrected chi connectivity index (χ1v) is 6.15. The molecule has 0 spiro atoms. The molecule has 0 aliphatic carbocycles. The molecule has 0 aliphatic rings. The summed E-state index contributed by atoms with van der Waals surface area (Å²) in [5.41, 5.74) is 1.54. The molecule has 0 saturated heterocycles. The Hall–Kier alpha value is -1.81. The lowest BCUT2D eigenvalue weighted by molar-refractivity contribution is 0.0477. The summed E-state index contributed by atoms with van der Waals surface area (Å²) in [6.45, 7) is 0.338. The highest BCUT2D eigenvalue weighted by molar-refractivity contribution is 7.09. The number of hydrogen-bond donors (Lipinski definition) is 1. The number of benzene rings is 1. The number of ether oxygens (including phenoxy) is 1. The highest BCUT2D eigenvalue weighted by Crippen LogP contribution is 2.13. The number of thiophene rings is 1. The van der Waals surface area contributed by atoms with Crippen LogP contribution in [0.15, 0.2) is 41.8 Å². The van der Waals surface area contributed by atoms with Gasteiger partial charge in [0.05, 0.1) is 5.56 Å². The van der Waals surface area contributed by atoms with Crippen LogP contribution in [0.1, 0.15) is 15.2 Å². The Morgan fingerprint density at radius 2 is 2.06 bits per heavy atom. The first kappa shape index (κ1) is 11.7. The maximum absolute atomic E-state index is 11.7. The van der Waals surface area contributed by atoms with Crippen LogP contribution in [0.5, 0.6) is 0 Å². The number of hydrogen-bond acceptors (Lipinski definition) is 4. The Kier molecular flexibility index (Phi) is 3.77. The Labute approximate surface area is 104 Å². The zero-order valence-electron chi connectivity index (χ0n) is 9.47. The molecular weight excluding hydrogens is 234 g/mol. The number of carbonyl (C=O) groups excluding carboxylic acids is 1. The van der Waals surface area contributed by atoms with E-state index in [-0.39, 0.29) is 5.97 Å². The molecule has 1 aromatic heterocycles. The van der Waals surface area contributed by atoms with Gasteiger partial charge < -0.3 is 10.1 Å². The Morgan fingerprint density at radius 1 is 1.29 bits per heavy atom. The van der Waals surface area contributed by atoms with Gasteiger partial charge in [-0.3, -0.25) is 0 Å². The summed E-state index contributed by atoms with van der Waals surface area (Å²) in [7, 11) is 1.84. The fourth-order valence-corrected chi connectivity index (χ4v) is 2.00. The van der Waals surface area contributed by atoms with Crippen LogP contribution in [-0.2, 0) is 11.3 Å². The van der Waals surface area contributed by atoms with E-state index in [0.29, 0.717) is 12.2 Å². The van der Waals surface area contributed by atoms with Gasteiger partial charge >= 0.3 is 5.97 Å². The van der Waals surface area contributed by atoms with Crippen molar-refractivity contribution in [3.63, 3.8) is 0 Å². The molecule has 0 amide bonds. The molecule has 4 heteroatoms. The fourth-order valence-electron chi connectivity index (χ4n) is 1.39. The SMILES string of the molecule is CNc1ccc(C(=O)OCc2cccs2)cc1. The Balaban J connectivity index is 1.95. The molecule has 17 heavy (non-hydrogen) atoms. The van der Waals surface area contributed by atoms with Crippen molar-refractivity contribution in [3.8, 4) is 0 Å². The third-order valence-electron chi connectivity index (χ3n) is 2.33. The third-order valence-corrected chi connectivity index (χ3v) is 3.18. The van der Waals surface area contributed by atoms with Crippen molar-refractivity contribution < 1.29 is 9.53 Å². The van der Waals surface area contributed by atoms with Gasteiger partial charge in [0.25, 0.3) is 0 Å². The lowest BCUT2D eigenvalue weighted by Crippen LogP contribution is -2.04. The number of anilines is 1. The molecule has 1 N–H and O–H groups in total. The topological polar surface area (TPSA) is 38.3 Å². The van der Waals surface area contributed by atoms with Crippen molar-refractivity contribution in [2.75, 3.05) is 12.4 Å². The van der Waals surface area contributed by atoms with Gasteiger partial charge in [0, 0.05) is 17.6 Å². The van der Waals surface area contributed by atoms with Crippen LogP contribution >= 0.6 is 11.3 Å². The van der Waals surface area contributed by atoms with E-state index in [1.165, 1.54) is 0 Å². The first-order valence-electron chi connectivity index (χ1n) is 5.27. The first-order chi connectivity index (χ1) is 8.29. The van der Waals surface area contributed by atoms with Gasteiger partial charge in [-0.15, -0.1) is 11.3 Å². The van der Waals surface area contributed by atoms with Gasteiger partial charge in [0.1, 0.15) is 6.61 Å². The maximum atomic E-state index is 11.7. The van der Waals surface area contributed by atoms with Crippen LogP contribution in [0, 0.1) is 0 Å². The van der Waals surface area contributed by atoms with E-state index in [4.69, 9.17) is 4.74 Å². The third kappa shape index (κ3) is 3.07. The molecule has 0 fully saturated rings.